The van der Waals surface area contributed by atoms with Crippen LogP contribution in [0.25, 0.3) is 0 Å². The van der Waals surface area contributed by atoms with E-state index in [1.54, 1.807) is 0 Å². The molecular formula is C18H30BrIN4. The molecule has 1 heterocycles. The maximum atomic E-state index is 4.64. The van der Waals surface area contributed by atoms with Gasteiger partial charge in [-0.25, -0.2) is 0 Å². The second-order valence-corrected chi connectivity index (χ2v) is 7.49. The van der Waals surface area contributed by atoms with Crippen LogP contribution in [-0.4, -0.2) is 38.7 Å². The summed E-state index contributed by atoms with van der Waals surface area (Å²) in [5.74, 6) is 2.20. The van der Waals surface area contributed by atoms with Crippen molar-refractivity contribution >= 4 is 51.6 Å². The third-order valence-corrected chi connectivity index (χ3v) is 4.47. The Kier molecular flexibility index (Phi) is 10.0. The Hall–Kier alpha value is -0.500. The van der Waals surface area contributed by atoms with E-state index in [0.29, 0.717) is 11.8 Å². The molecule has 0 spiro atoms. The fourth-order valence-corrected chi connectivity index (χ4v) is 3.15. The van der Waals surface area contributed by atoms with Gasteiger partial charge in [0.2, 0.25) is 0 Å². The first-order chi connectivity index (χ1) is 11.1. The highest BCUT2D eigenvalue weighted by Crippen LogP contribution is 2.25. The Balaban J connectivity index is 0.00000288. The summed E-state index contributed by atoms with van der Waals surface area (Å²) in [6.45, 7) is 11.5. The summed E-state index contributed by atoms with van der Waals surface area (Å²) < 4.78 is 1.15. The number of anilines is 1. The van der Waals surface area contributed by atoms with Crippen LogP contribution >= 0.6 is 39.9 Å². The average Bonchev–Trinajstić information content (AvgIpc) is 2.99. The van der Waals surface area contributed by atoms with Gasteiger partial charge in [-0.05, 0) is 43.4 Å². The van der Waals surface area contributed by atoms with Gasteiger partial charge in [-0.3, -0.25) is 4.99 Å². The zero-order valence-corrected chi connectivity index (χ0v) is 18.8. The molecule has 1 aliphatic rings. The molecule has 0 radical (unpaired) electrons. The van der Waals surface area contributed by atoms with Crippen LogP contribution in [0.3, 0.4) is 0 Å². The molecule has 1 saturated heterocycles. The molecule has 1 fully saturated rings. The fraction of sp³-hybridized carbons (Fsp3) is 0.611. The van der Waals surface area contributed by atoms with Gasteiger partial charge >= 0.3 is 0 Å². The lowest BCUT2D eigenvalue weighted by Gasteiger charge is -2.20. The Bertz CT molecular complexity index is 521. The highest BCUT2D eigenvalue weighted by atomic mass is 127. The Morgan fingerprint density at radius 3 is 2.83 bits per heavy atom. The number of nitrogens with one attached hydrogen (secondary N) is 2. The fourth-order valence-electron chi connectivity index (χ4n) is 2.76. The highest BCUT2D eigenvalue weighted by Gasteiger charge is 2.22. The normalized spacial score (nSPS) is 17.8. The van der Waals surface area contributed by atoms with Gasteiger partial charge in [0.15, 0.2) is 5.96 Å². The summed E-state index contributed by atoms with van der Waals surface area (Å²) in [7, 11) is 0. The van der Waals surface area contributed by atoms with Crippen LogP contribution in [0.5, 0.6) is 0 Å². The summed E-state index contributed by atoms with van der Waals surface area (Å²) in [6.07, 6.45) is 1.23. The second-order valence-electron chi connectivity index (χ2n) is 6.57. The van der Waals surface area contributed by atoms with Crippen molar-refractivity contribution in [2.75, 3.05) is 37.6 Å². The van der Waals surface area contributed by atoms with Crippen molar-refractivity contribution in [2.45, 2.75) is 27.2 Å². The number of hydrogen-bond acceptors (Lipinski definition) is 2. The van der Waals surface area contributed by atoms with Crippen LogP contribution in [0.4, 0.5) is 5.69 Å². The van der Waals surface area contributed by atoms with Gasteiger partial charge in [-0.2, -0.15) is 0 Å². The first kappa shape index (κ1) is 21.5. The number of guanidine groups is 1. The Labute approximate surface area is 172 Å². The smallest absolute Gasteiger partial charge is 0.191 e. The molecule has 4 nitrogen and oxygen atoms in total. The van der Waals surface area contributed by atoms with E-state index in [0.717, 1.165) is 43.2 Å². The quantitative estimate of drug-likeness (QED) is 0.345. The highest BCUT2D eigenvalue weighted by molar-refractivity contribution is 14.0. The van der Waals surface area contributed by atoms with Crippen molar-refractivity contribution in [3.63, 3.8) is 0 Å². The third kappa shape index (κ3) is 7.17. The molecule has 1 atom stereocenters. The van der Waals surface area contributed by atoms with Crippen molar-refractivity contribution in [1.82, 2.24) is 10.6 Å². The molecule has 1 aliphatic heterocycles. The van der Waals surface area contributed by atoms with Crippen molar-refractivity contribution < 1.29 is 0 Å². The van der Waals surface area contributed by atoms with Crippen LogP contribution in [0.2, 0.25) is 0 Å². The molecule has 136 valence electrons. The molecule has 2 N–H and O–H groups in total. The number of nitrogens with zero attached hydrogens (tertiary/aromatic N) is 2. The molecule has 6 heteroatoms. The number of halogens is 2. The Morgan fingerprint density at radius 2 is 2.17 bits per heavy atom. The number of rotatable bonds is 6. The zero-order chi connectivity index (χ0) is 16.7. The van der Waals surface area contributed by atoms with Gasteiger partial charge in [0.25, 0.3) is 0 Å². The van der Waals surface area contributed by atoms with Crippen LogP contribution < -0.4 is 15.5 Å². The van der Waals surface area contributed by atoms with E-state index in [1.165, 1.54) is 12.1 Å². The van der Waals surface area contributed by atoms with E-state index in [-0.39, 0.29) is 24.0 Å². The van der Waals surface area contributed by atoms with Crippen molar-refractivity contribution in [1.29, 1.82) is 0 Å². The summed E-state index contributed by atoms with van der Waals surface area (Å²) in [4.78, 5) is 7.10. The molecule has 1 aromatic rings. The lowest BCUT2D eigenvalue weighted by atomic mass is 10.1. The summed E-state index contributed by atoms with van der Waals surface area (Å²) in [6, 6.07) is 8.57. The molecule has 1 aromatic carbocycles. The van der Waals surface area contributed by atoms with Gasteiger partial charge in [-0.1, -0.05) is 35.8 Å². The van der Waals surface area contributed by atoms with E-state index < -0.39 is 0 Å². The zero-order valence-electron chi connectivity index (χ0n) is 14.9. The van der Waals surface area contributed by atoms with Crippen LogP contribution in [0, 0.1) is 11.8 Å². The van der Waals surface area contributed by atoms with Gasteiger partial charge in [0, 0.05) is 42.9 Å². The number of aliphatic imine (C=N–C) groups is 1. The van der Waals surface area contributed by atoms with Gasteiger partial charge in [-0.15, -0.1) is 24.0 Å². The minimum atomic E-state index is 0. The minimum absolute atomic E-state index is 0. The monoisotopic (exact) mass is 508 g/mol. The topological polar surface area (TPSA) is 39.7 Å². The summed E-state index contributed by atoms with van der Waals surface area (Å²) >= 11 is 3.56. The van der Waals surface area contributed by atoms with Crippen LogP contribution in [0.1, 0.15) is 27.2 Å². The van der Waals surface area contributed by atoms with Crippen molar-refractivity contribution in [3.05, 3.63) is 28.7 Å². The Morgan fingerprint density at radius 1 is 1.38 bits per heavy atom. The van der Waals surface area contributed by atoms with Crippen molar-refractivity contribution in [3.8, 4) is 0 Å². The maximum absolute atomic E-state index is 4.64. The molecular weight excluding hydrogens is 479 g/mol. The van der Waals surface area contributed by atoms with E-state index in [4.69, 9.17) is 0 Å². The largest absolute Gasteiger partial charge is 0.371 e. The first-order valence-corrected chi connectivity index (χ1v) is 9.40. The molecule has 0 saturated carbocycles. The summed E-state index contributed by atoms with van der Waals surface area (Å²) in [5, 5.41) is 6.84. The molecule has 1 unspecified atom stereocenters. The van der Waals surface area contributed by atoms with Crippen LogP contribution in [-0.2, 0) is 0 Å². The summed E-state index contributed by atoms with van der Waals surface area (Å²) in [5.41, 5.74) is 1.31. The second kappa shape index (κ2) is 11.2. The van der Waals surface area contributed by atoms with E-state index >= 15 is 0 Å². The SMILES string of the molecule is CCNC(=NCC(C)C)NCC1CCN(c2cccc(Br)c2)C1.I. The molecule has 0 aliphatic carbocycles. The molecule has 2 rings (SSSR count). The minimum Gasteiger partial charge on any atom is -0.371 e. The van der Waals surface area contributed by atoms with E-state index in [9.17, 15) is 0 Å². The third-order valence-electron chi connectivity index (χ3n) is 3.98. The molecule has 0 bridgehead atoms. The van der Waals surface area contributed by atoms with Crippen LogP contribution in [0.15, 0.2) is 33.7 Å². The first-order valence-electron chi connectivity index (χ1n) is 8.61. The standard InChI is InChI=1S/C18H29BrN4.HI/c1-4-20-18(21-11-14(2)3)22-12-15-8-9-23(13-15)17-7-5-6-16(19)10-17;/h5-7,10,14-15H,4,8-9,11-13H2,1-3H3,(H2,20,21,22);1H. The average molecular weight is 509 g/mol. The number of hydrogen-bond donors (Lipinski definition) is 2. The predicted molar refractivity (Wildman–Crippen MR) is 119 cm³/mol. The number of benzene rings is 1. The molecule has 24 heavy (non-hydrogen) atoms. The van der Waals surface area contributed by atoms with Gasteiger partial charge in [0.05, 0.1) is 0 Å². The lowest BCUT2D eigenvalue weighted by molar-refractivity contribution is 0.563. The molecule has 0 amide bonds. The van der Waals surface area contributed by atoms with Gasteiger partial charge < -0.3 is 15.5 Å². The predicted octanol–water partition coefficient (Wildman–Crippen LogP) is 4.10. The molecule has 0 aromatic heterocycles. The van der Waals surface area contributed by atoms with Gasteiger partial charge in [0.1, 0.15) is 0 Å². The van der Waals surface area contributed by atoms with Crippen molar-refractivity contribution in [2.24, 2.45) is 16.8 Å². The maximum Gasteiger partial charge on any atom is 0.191 e. The van der Waals surface area contributed by atoms with E-state index in [2.05, 4.69) is 81.5 Å². The van der Waals surface area contributed by atoms with E-state index in [1.807, 2.05) is 0 Å². The lowest BCUT2D eigenvalue weighted by Crippen LogP contribution is -2.40.